The molecule has 3 atom stereocenters. The van der Waals surface area contributed by atoms with Gasteiger partial charge in [-0.25, -0.2) is 9.59 Å². The molecule has 1 aliphatic rings. The minimum atomic E-state index is -2.03. The lowest BCUT2D eigenvalue weighted by molar-refractivity contribution is -0.145. The fourth-order valence-electron chi connectivity index (χ4n) is 2.72. The van der Waals surface area contributed by atoms with E-state index in [1.807, 2.05) is 0 Å². The van der Waals surface area contributed by atoms with Gasteiger partial charge in [-0.1, -0.05) is 20.8 Å². The molecule has 1 saturated carbocycles. The number of Topliss-reactive ketones (excluding diaryl/α,β-unsaturated/α-hetero) is 1. The number of ketones is 1. The summed E-state index contributed by atoms with van der Waals surface area (Å²) in [7, 11) is -2.03. The molecule has 1 aliphatic carbocycles. The Balaban J connectivity index is 2.82. The molecule has 174 valence electrons. The summed E-state index contributed by atoms with van der Waals surface area (Å²) in [5, 5.41) is 2.60. The second-order valence-corrected chi connectivity index (χ2v) is 16.2. The lowest BCUT2D eigenvalue weighted by atomic mass is 10.2. The van der Waals surface area contributed by atoms with Crippen molar-refractivity contribution in [3.05, 3.63) is 0 Å². The maximum Gasteiger partial charge on any atom is 0.408 e. The lowest BCUT2D eigenvalue weighted by Crippen LogP contribution is -2.47. The Bertz CT molecular complexity index is 626. The van der Waals surface area contributed by atoms with Crippen LogP contribution in [-0.4, -0.2) is 61.5 Å². The molecule has 0 spiro atoms. The Morgan fingerprint density at radius 2 is 1.77 bits per heavy atom. The predicted molar refractivity (Wildman–Crippen MR) is 122 cm³/mol. The van der Waals surface area contributed by atoms with Gasteiger partial charge in [0.15, 0.2) is 8.32 Å². The normalized spacial score (nSPS) is 21.3. The smallest absolute Gasteiger partial charge is 0.408 e. The summed E-state index contributed by atoms with van der Waals surface area (Å²) in [6.45, 7) is 18.0. The van der Waals surface area contributed by atoms with Gasteiger partial charge >= 0.3 is 12.1 Å². The first-order chi connectivity index (χ1) is 13.6. The first kappa shape index (κ1) is 27.0. The van der Waals surface area contributed by atoms with Gasteiger partial charge in [-0.15, -0.1) is 0 Å². The Morgan fingerprint density at radius 3 is 2.27 bits per heavy atom. The molecule has 0 heterocycles. The van der Waals surface area contributed by atoms with Crippen molar-refractivity contribution in [3.63, 3.8) is 0 Å². The first-order valence-electron chi connectivity index (χ1n) is 10.5. The fraction of sp³-hybridized carbons (Fsp3) is 0.857. The van der Waals surface area contributed by atoms with Crippen LogP contribution in [0.5, 0.6) is 0 Å². The number of esters is 1. The highest BCUT2D eigenvalue weighted by Gasteiger charge is 2.44. The van der Waals surface area contributed by atoms with Crippen molar-refractivity contribution >= 4 is 37.9 Å². The van der Waals surface area contributed by atoms with Gasteiger partial charge in [0.1, 0.15) is 17.4 Å². The minimum Gasteiger partial charge on any atom is -0.464 e. The second-order valence-electron chi connectivity index (χ2n) is 10.2. The van der Waals surface area contributed by atoms with Crippen LogP contribution in [0.15, 0.2) is 0 Å². The van der Waals surface area contributed by atoms with Gasteiger partial charge in [0.05, 0.1) is 12.7 Å². The second kappa shape index (κ2) is 10.5. The Labute approximate surface area is 186 Å². The van der Waals surface area contributed by atoms with Gasteiger partial charge in [-0.05, 0) is 45.8 Å². The average Bonchev–Trinajstić information content (AvgIpc) is 2.87. The van der Waals surface area contributed by atoms with Crippen LogP contribution < -0.4 is 5.32 Å². The molecule has 0 aromatic carbocycles. The maximum atomic E-state index is 12.4. The third kappa shape index (κ3) is 8.59. The van der Waals surface area contributed by atoms with Crippen LogP contribution in [0, 0.1) is 0 Å². The number of thioether (sulfide) groups is 1. The molecular weight excluding hydrogens is 422 g/mol. The highest BCUT2D eigenvalue weighted by atomic mass is 32.2. The molecule has 9 heteroatoms. The number of carbonyl (C=O) groups is 3. The minimum absolute atomic E-state index is 0.0413. The molecule has 1 rings (SSSR count). The van der Waals surface area contributed by atoms with Crippen LogP contribution in [-0.2, 0) is 23.5 Å². The average molecular weight is 462 g/mol. The zero-order chi connectivity index (χ0) is 23.3. The SMILES string of the molecule is CCOC(=O)[C@H](CS[C@H]1CC(=O)C[C@@H]1O[Si](C)(C)C(C)(C)C)NC(=O)OC(C)(C)C. The largest absolute Gasteiger partial charge is 0.464 e. The van der Waals surface area contributed by atoms with E-state index < -0.39 is 32.0 Å². The summed E-state index contributed by atoms with van der Waals surface area (Å²) in [6.07, 6.45) is -0.0369. The van der Waals surface area contributed by atoms with E-state index in [0.29, 0.717) is 12.8 Å². The van der Waals surface area contributed by atoms with E-state index in [0.717, 1.165) is 0 Å². The van der Waals surface area contributed by atoms with E-state index in [4.69, 9.17) is 13.9 Å². The molecule has 0 aromatic heterocycles. The molecule has 1 N–H and O–H groups in total. The third-order valence-corrected chi connectivity index (χ3v) is 11.2. The molecule has 0 radical (unpaired) electrons. The van der Waals surface area contributed by atoms with E-state index >= 15 is 0 Å². The predicted octanol–water partition coefficient (Wildman–Crippen LogP) is 4.30. The summed E-state index contributed by atoms with van der Waals surface area (Å²) >= 11 is 1.47. The van der Waals surface area contributed by atoms with Crippen molar-refractivity contribution in [2.24, 2.45) is 0 Å². The van der Waals surface area contributed by atoms with E-state index in [-0.39, 0.29) is 34.5 Å². The topological polar surface area (TPSA) is 90.9 Å². The van der Waals surface area contributed by atoms with E-state index in [9.17, 15) is 14.4 Å². The molecular formula is C21H39NO6SSi. The van der Waals surface area contributed by atoms with Crippen molar-refractivity contribution in [2.45, 2.75) is 102 Å². The zero-order valence-electron chi connectivity index (χ0n) is 19.9. The quantitative estimate of drug-likeness (QED) is 0.426. The highest BCUT2D eigenvalue weighted by molar-refractivity contribution is 8.00. The van der Waals surface area contributed by atoms with Crippen molar-refractivity contribution in [1.82, 2.24) is 5.32 Å². The summed E-state index contributed by atoms with van der Waals surface area (Å²) in [4.78, 5) is 36.7. The summed E-state index contributed by atoms with van der Waals surface area (Å²) in [5.74, 6) is -0.0565. The maximum absolute atomic E-state index is 12.4. The molecule has 0 aromatic rings. The standard InChI is InChI=1S/C21H39NO6SSi/c1-10-26-18(24)15(22-19(25)27-20(2,3)4)13-29-17-12-14(23)11-16(17)28-30(8,9)21(5,6)7/h15-17H,10-13H2,1-9H3,(H,22,25)/t15-,16-,17-/m0/s1. The zero-order valence-corrected chi connectivity index (χ0v) is 21.7. The van der Waals surface area contributed by atoms with Crippen molar-refractivity contribution < 1.29 is 28.3 Å². The van der Waals surface area contributed by atoms with Crippen LogP contribution in [0.4, 0.5) is 4.79 Å². The van der Waals surface area contributed by atoms with Gasteiger partial charge < -0.3 is 19.2 Å². The monoisotopic (exact) mass is 461 g/mol. The summed E-state index contributed by atoms with van der Waals surface area (Å²) < 4.78 is 16.9. The number of nitrogens with one attached hydrogen (secondary N) is 1. The molecule has 1 fully saturated rings. The van der Waals surface area contributed by atoms with Gasteiger partial charge in [0, 0.05) is 23.8 Å². The van der Waals surface area contributed by atoms with Crippen molar-refractivity contribution in [3.8, 4) is 0 Å². The number of alkyl carbamates (subject to hydrolysis) is 1. The lowest BCUT2D eigenvalue weighted by Gasteiger charge is -2.39. The number of carbonyl (C=O) groups excluding carboxylic acids is 3. The van der Waals surface area contributed by atoms with E-state index in [2.05, 4.69) is 39.2 Å². The van der Waals surface area contributed by atoms with Crippen LogP contribution in [0.1, 0.15) is 61.3 Å². The molecule has 7 nitrogen and oxygen atoms in total. The summed E-state index contributed by atoms with van der Waals surface area (Å²) in [5.41, 5.74) is -0.670. The number of hydrogen-bond donors (Lipinski definition) is 1. The van der Waals surface area contributed by atoms with Crippen LogP contribution in [0.3, 0.4) is 0 Å². The van der Waals surface area contributed by atoms with Crippen molar-refractivity contribution in [2.75, 3.05) is 12.4 Å². The molecule has 0 unspecified atom stereocenters. The third-order valence-electron chi connectivity index (χ3n) is 5.26. The first-order valence-corrected chi connectivity index (χ1v) is 14.5. The number of rotatable bonds is 8. The molecule has 0 bridgehead atoms. The Morgan fingerprint density at radius 1 is 1.17 bits per heavy atom. The summed E-state index contributed by atoms with van der Waals surface area (Å²) in [6, 6.07) is -0.853. The Kier molecular flexibility index (Phi) is 9.44. The van der Waals surface area contributed by atoms with Gasteiger partial charge in [0.2, 0.25) is 0 Å². The van der Waals surface area contributed by atoms with Crippen LogP contribution >= 0.6 is 11.8 Å². The van der Waals surface area contributed by atoms with Gasteiger partial charge in [-0.2, -0.15) is 11.8 Å². The van der Waals surface area contributed by atoms with E-state index in [1.165, 1.54) is 11.8 Å². The number of amides is 1. The molecule has 0 saturated heterocycles. The molecule has 30 heavy (non-hydrogen) atoms. The molecule has 1 amide bonds. The number of hydrogen-bond acceptors (Lipinski definition) is 7. The van der Waals surface area contributed by atoms with E-state index in [1.54, 1.807) is 27.7 Å². The van der Waals surface area contributed by atoms with Crippen LogP contribution in [0.2, 0.25) is 18.1 Å². The Hall–Kier alpha value is -1.06. The van der Waals surface area contributed by atoms with Gasteiger partial charge in [0.25, 0.3) is 0 Å². The van der Waals surface area contributed by atoms with Crippen LogP contribution in [0.25, 0.3) is 0 Å². The van der Waals surface area contributed by atoms with Crippen molar-refractivity contribution in [1.29, 1.82) is 0 Å². The number of ether oxygens (including phenoxy) is 2. The van der Waals surface area contributed by atoms with Gasteiger partial charge in [-0.3, -0.25) is 4.79 Å². The fourth-order valence-corrected chi connectivity index (χ4v) is 5.50. The molecule has 0 aliphatic heterocycles. The highest BCUT2D eigenvalue weighted by Crippen LogP contribution is 2.41.